The molecule has 0 bridgehead atoms. The second-order valence-electron chi connectivity index (χ2n) is 5.34. The van der Waals surface area contributed by atoms with E-state index in [4.69, 9.17) is 4.74 Å². The van der Waals surface area contributed by atoms with E-state index in [-0.39, 0.29) is 18.2 Å². The summed E-state index contributed by atoms with van der Waals surface area (Å²) < 4.78 is 31.3. The van der Waals surface area contributed by atoms with Crippen LogP contribution in [0.4, 0.5) is 0 Å². The van der Waals surface area contributed by atoms with Crippen molar-refractivity contribution in [2.45, 2.75) is 19.2 Å². The van der Waals surface area contributed by atoms with Crippen molar-refractivity contribution in [1.29, 1.82) is 0 Å². The third kappa shape index (κ3) is 5.30. The quantitative estimate of drug-likeness (QED) is 0.753. The zero-order valence-corrected chi connectivity index (χ0v) is 15.1. The van der Waals surface area contributed by atoms with E-state index in [1.54, 1.807) is 42.5 Å². The maximum absolute atomic E-state index is 12.4. The van der Waals surface area contributed by atoms with Gasteiger partial charge in [0.2, 0.25) is 10.0 Å². The Labute approximate surface area is 148 Å². The van der Waals surface area contributed by atoms with Crippen LogP contribution in [0.2, 0.25) is 0 Å². The summed E-state index contributed by atoms with van der Waals surface area (Å²) in [6.07, 6.45) is 0. The van der Waals surface area contributed by atoms with Crippen LogP contribution in [0.5, 0.6) is 5.75 Å². The smallest absolute Gasteiger partial charge is 0.255 e. The maximum Gasteiger partial charge on any atom is 0.255 e. The molecule has 6 nitrogen and oxygen atoms in total. The predicted molar refractivity (Wildman–Crippen MR) is 96.9 cm³/mol. The van der Waals surface area contributed by atoms with Crippen LogP contribution in [-0.4, -0.2) is 28.0 Å². The van der Waals surface area contributed by atoms with Gasteiger partial charge in [0.15, 0.2) is 0 Å². The van der Waals surface area contributed by atoms with Crippen molar-refractivity contribution in [2.75, 3.05) is 13.7 Å². The minimum atomic E-state index is -3.38. The Morgan fingerprint density at radius 3 is 2.36 bits per heavy atom. The molecule has 2 aromatic carbocycles. The van der Waals surface area contributed by atoms with Gasteiger partial charge in [-0.3, -0.25) is 4.79 Å². The predicted octanol–water partition coefficient (Wildman–Crippen LogP) is 2.06. The fourth-order valence-electron chi connectivity index (χ4n) is 2.35. The van der Waals surface area contributed by atoms with Crippen molar-refractivity contribution < 1.29 is 17.9 Å². The van der Waals surface area contributed by atoms with Crippen molar-refractivity contribution >= 4 is 15.9 Å². The molecule has 134 valence electrons. The molecule has 0 aromatic heterocycles. The Balaban J connectivity index is 2.13. The summed E-state index contributed by atoms with van der Waals surface area (Å²) in [6, 6.07) is 14.1. The fourth-order valence-corrected chi connectivity index (χ4v) is 3.19. The van der Waals surface area contributed by atoms with E-state index in [1.807, 2.05) is 13.0 Å². The van der Waals surface area contributed by atoms with Crippen molar-refractivity contribution in [3.8, 4) is 5.75 Å². The topological polar surface area (TPSA) is 84.5 Å². The maximum atomic E-state index is 12.4. The van der Waals surface area contributed by atoms with E-state index in [1.165, 1.54) is 7.05 Å². The minimum absolute atomic E-state index is 0.134. The molecule has 0 atom stereocenters. The molecule has 1 amide bonds. The van der Waals surface area contributed by atoms with Crippen molar-refractivity contribution in [1.82, 2.24) is 10.0 Å². The highest BCUT2D eigenvalue weighted by molar-refractivity contribution is 7.88. The zero-order chi connectivity index (χ0) is 18.3. The van der Waals surface area contributed by atoms with Crippen LogP contribution in [-0.2, 0) is 22.3 Å². The number of hydrogen-bond donors (Lipinski definition) is 2. The number of nitrogens with one attached hydrogen (secondary N) is 2. The Hall–Kier alpha value is -2.38. The van der Waals surface area contributed by atoms with Gasteiger partial charge in [-0.2, -0.15) is 0 Å². The number of carbonyl (C=O) groups is 1. The first-order valence-electron chi connectivity index (χ1n) is 7.95. The average molecular weight is 362 g/mol. The van der Waals surface area contributed by atoms with Crippen LogP contribution < -0.4 is 14.8 Å². The monoisotopic (exact) mass is 362 g/mol. The molecule has 2 rings (SSSR count). The number of para-hydroxylation sites is 1. The third-order valence-corrected chi connectivity index (χ3v) is 4.96. The lowest BCUT2D eigenvalue weighted by molar-refractivity contribution is 0.0947. The van der Waals surface area contributed by atoms with Gasteiger partial charge in [0.1, 0.15) is 5.75 Å². The summed E-state index contributed by atoms with van der Waals surface area (Å²) in [6.45, 7) is 2.55. The van der Waals surface area contributed by atoms with Crippen molar-refractivity contribution in [3.05, 3.63) is 65.2 Å². The molecule has 0 spiro atoms. The molecule has 0 heterocycles. The first-order chi connectivity index (χ1) is 12.0. The highest BCUT2D eigenvalue weighted by atomic mass is 32.2. The first kappa shape index (κ1) is 19.0. The van der Waals surface area contributed by atoms with Gasteiger partial charge in [-0.25, -0.2) is 13.1 Å². The summed E-state index contributed by atoms with van der Waals surface area (Å²) in [5, 5.41) is 2.82. The molecule has 0 radical (unpaired) electrons. The van der Waals surface area contributed by atoms with E-state index in [0.29, 0.717) is 23.5 Å². The highest BCUT2D eigenvalue weighted by Crippen LogP contribution is 2.18. The zero-order valence-electron chi connectivity index (χ0n) is 14.3. The number of amides is 1. The van der Waals surface area contributed by atoms with Crippen molar-refractivity contribution in [3.63, 3.8) is 0 Å². The normalized spacial score (nSPS) is 11.1. The summed E-state index contributed by atoms with van der Waals surface area (Å²) in [7, 11) is -2.00. The Bertz CT molecular complexity index is 834. The summed E-state index contributed by atoms with van der Waals surface area (Å²) >= 11 is 0. The van der Waals surface area contributed by atoms with E-state index in [0.717, 1.165) is 5.56 Å². The van der Waals surface area contributed by atoms with Gasteiger partial charge in [-0.05, 0) is 37.2 Å². The second kappa shape index (κ2) is 8.64. The number of ether oxygens (including phenoxy) is 1. The van der Waals surface area contributed by atoms with Crippen LogP contribution in [0, 0.1) is 0 Å². The Kier molecular flexibility index (Phi) is 6.55. The van der Waals surface area contributed by atoms with Gasteiger partial charge in [-0.1, -0.05) is 36.4 Å². The Morgan fingerprint density at radius 2 is 1.68 bits per heavy atom. The molecule has 7 heteroatoms. The fraction of sp³-hybridized carbons (Fsp3) is 0.278. The molecule has 0 saturated heterocycles. The van der Waals surface area contributed by atoms with Gasteiger partial charge in [0.05, 0.1) is 17.9 Å². The third-order valence-electron chi connectivity index (χ3n) is 3.65. The minimum Gasteiger partial charge on any atom is -0.493 e. The van der Waals surface area contributed by atoms with Gasteiger partial charge >= 0.3 is 0 Å². The number of carbonyl (C=O) groups excluding carboxylic acids is 1. The van der Waals surface area contributed by atoms with Crippen molar-refractivity contribution in [2.24, 2.45) is 0 Å². The van der Waals surface area contributed by atoms with E-state index in [9.17, 15) is 13.2 Å². The van der Waals surface area contributed by atoms with Crippen LogP contribution in [0.15, 0.2) is 48.5 Å². The van der Waals surface area contributed by atoms with Gasteiger partial charge in [-0.15, -0.1) is 0 Å². The lowest BCUT2D eigenvalue weighted by Crippen LogP contribution is -2.25. The molecule has 0 unspecified atom stereocenters. The lowest BCUT2D eigenvalue weighted by Gasteiger charge is -2.13. The van der Waals surface area contributed by atoms with Gasteiger partial charge in [0.25, 0.3) is 5.91 Å². The molecule has 0 aliphatic rings. The molecule has 0 aliphatic heterocycles. The number of hydrogen-bond acceptors (Lipinski definition) is 4. The lowest BCUT2D eigenvalue weighted by atomic mass is 10.1. The van der Waals surface area contributed by atoms with Crippen LogP contribution in [0.3, 0.4) is 0 Å². The standard InChI is InChI=1S/C18H22N2O4S/c1-3-24-17-11-7-6-10-16(17)18(21)20-12-14-8-4-5-9-15(14)13-25(22,23)19-2/h4-11,19H,3,12-13H2,1-2H3,(H,20,21). The largest absolute Gasteiger partial charge is 0.493 e. The van der Waals surface area contributed by atoms with Crippen LogP contribution >= 0.6 is 0 Å². The highest BCUT2D eigenvalue weighted by Gasteiger charge is 2.14. The number of rotatable bonds is 8. The summed E-state index contributed by atoms with van der Waals surface area (Å²) in [5.41, 5.74) is 1.85. The van der Waals surface area contributed by atoms with Gasteiger partial charge in [0, 0.05) is 6.54 Å². The average Bonchev–Trinajstić information content (AvgIpc) is 2.61. The molecule has 0 aliphatic carbocycles. The Morgan fingerprint density at radius 1 is 1.04 bits per heavy atom. The van der Waals surface area contributed by atoms with E-state index in [2.05, 4.69) is 10.0 Å². The molecular weight excluding hydrogens is 340 g/mol. The summed E-state index contributed by atoms with van der Waals surface area (Å²) in [4.78, 5) is 12.4. The molecule has 0 saturated carbocycles. The second-order valence-corrected chi connectivity index (χ2v) is 7.27. The van der Waals surface area contributed by atoms with E-state index < -0.39 is 10.0 Å². The summed E-state index contributed by atoms with van der Waals surface area (Å²) in [5.74, 6) is 0.120. The first-order valence-corrected chi connectivity index (χ1v) is 9.60. The molecule has 2 N–H and O–H groups in total. The SMILES string of the molecule is CCOc1ccccc1C(=O)NCc1ccccc1CS(=O)(=O)NC. The molecule has 2 aromatic rings. The number of benzene rings is 2. The molecule has 25 heavy (non-hydrogen) atoms. The molecule has 0 fully saturated rings. The van der Waals surface area contributed by atoms with E-state index >= 15 is 0 Å². The number of sulfonamides is 1. The van der Waals surface area contributed by atoms with Crippen LogP contribution in [0.25, 0.3) is 0 Å². The van der Waals surface area contributed by atoms with Gasteiger partial charge < -0.3 is 10.1 Å². The van der Waals surface area contributed by atoms with Crippen LogP contribution in [0.1, 0.15) is 28.4 Å². The molecular formula is C18H22N2O4S.